The largest absolute Gasteiger partial charge is 0.340 e. The molecule has 1 fully saturated rings. The summed E-state index contributed by atoms with van der Waals surface area (Å²) in [6.07, 6.45) is 6.30. The monoisotopic (exact) mass is 347 g/mol. The van der Waals surface area contributed by atoms with E-state index in [1.165, 1.54) is 31.0 Å². The van der Waals surface area contributed by atoms with E-state index in [2.05, 4.69) is 15.5 Å². The first kappa shape index (κ1) is 18.2. The topological polar surface area (TPSA) is 111 Å². The molecule has 2 rings (SSSR count). The lowest BCUT2D eigenvalue weighted by Crippen LogP contribution is -2.34. The maximum Gasteiger partial charge on any atom is 0.233 e. The van der Waals surface area contributed by atoms with Gasteiger partial charge in [0.25, 0.3) is 0 Å². The molecule has 8 nitrogen and oxygen atoms in total. The van der Waals surface area contributed by atoms with Crippen LogP contribution in [0.3, 0.4) is 0 Å². The molecule has 1 aliphatic carbocycles. The number of nitriles is 2. The summed E-state index contributed by atoms with van der Waals surface area (Å²) in [5.74, 6) is 0.118. The molecule has 0 aliphatic heterocycles. The Hall–Kier alpha value is -2.13. The van der Waals surface area contributed by atoms with Crippen LogP contribution in [0.4, 0.5) is 0 Å². The molecule has 0 atom stereocenters. The van der Waals surface area contributed by atoms with Crippen LogP contribution in [0, 0.1) is 22.7 Å². The highest BCUT2D eigenvalue weighted by Crippen LogP contribution is 2.30. The van der Waals surface area contributed by atoms with E-state index in [9.17, 15) is 4.79 Å². The Kier molecular flexibility index (Phi) is 7.50. The third kappa shape index (κ3) is 5.20. The quantitative estimate of drug-likeness (QED) is 0.660. The smallest absolute Gasteiger partial charge is 0.233 e. The minimum atomic E-state index is -0.0938. The molecule has 0 radical (unpaired) electrons. The predicted octanol–water partition coefficient (Wildman–Crippen LogP) is 1.93. The molecule has 1 heterocycles. The van der Waals surface area contributed by atoms with Gasteiger partial charge in [0.15, 0.2) is 0 Å². The Morgan fingerprint density at radius 1 is 1.21 bits per heavy atom. The maximum absolute atomic E-state index is 12.3. The lowest BCUT2D eigenvalue weighted by molar-refractivity contribution is -0.128. The molecule has 0 bridgehead atoms. The summed E-state index contributed by atoms with van der Waals surface area (Å²) in [7, 11) is 0. The number of aromatic nitrogens is 4. The van der Waals surface area contributed by atoms with Gasteiger partial charge in [0, 0.05) is 13.1 Å². The SMILES string of the molecule is N#CCCN(CCC#N)C(=O)CSc1nnnn1C1CCCCC1. The number of rotatable bonds is 8. The summed E-state index contributed by atoms with van der Waals surface area (Å²) in [5.41, 5.74) is 0. The van der Waals surface area contributed by atoms with Gasteiger partial charge in [0.1, 0.15) is 0 Å². The van der Waals surface area contributed by atoms with E-state index in [-0.39, 0.29) is 24.5 Å². The molecule has 1 saturated carbocycles. The van der Waals surface area contributed by atoms with Crippen molar-refractivity contribution in [3.05, 3.63) is 0 Å². The molecule has 1 aromatic rings. The summed E-state index contributed by atoms with van der Waals surface area (Å²) in [6, 6.07) is 4.38. The van der Waals surface area contributed by atoms with E-state index >= 15 is 0 Å². The highest BCUT2D eigenvalue weighted by molar-refractivity contribution is 7.99. The van der Waals surface area contributed by atoms with Crippen LogP contribution < -0.4 is 0 Å². The fourth-order valence-corrected chi connectivity index (χ4v) is 3.63. The van der Waals surface area contributed by atoms with Gasteiger partial charge in [0.2, 0.25) is 11.1 Å². The zero-order valence-corrected chi connectivity index (χ0v) is 14.4. The first-order valence-electron chi connectivity index (χ1n) is 8.18. The van der Waals surface area contributed by atoms with Crippen LogP contribution in [-0.2, 0) is 4.79 Å². The number of nitrogens with zero attached hydrogens (tertiary/aromatic N) is 7. The standard InChI is InChI=1S/C15H21N7OS/c16-8-4-10-21(11-5-9-17)14(23)12-24-15-18-19-20-22(15)13-6-2-1-3-7-13/h13H,1-7,10-12H2. The average Bonchev–Trinajstić information content (AvgIpc) is 3.09. The zero-order valence-electron chi connectivity index (χ0n) is 13.6. The lowest BCUT2D eigenvalue weighted by atomic mass is 9.96. The van der Waals surface area contributed by atoms with Gasteiger partial charge in [-0.3, -0.25) is 4.79 Å². The Labute approximate surface area is 145 Å². The predicted molar refractivity (Wildman–Crippen MR) is 87.7 cm³/mol. The summed E-state index contributed by atoms with van der Waals surface area (Å²) < 4.78 is 1.84. The molecule has 0 unspecified atom stereocenters. The minimum absolute atomic E-state index is 0.0938. The van der Waals surface area contributed by atoms with E-state index in [4.69, 9.17) is 10.5 Å². The lowest BCUT2D eigenvalue weighted by Gasteiger charge is -2.22. The Balaban J connectivity index is 1.91. The van der Waals surface area contributed by atoms with Gasteiger partial charge in [-0.2, -0.15) is 10.5 Å². The molecule has 24 heavy (non-hydrogen) atoms. The van der Waals surface area contributed by atoms with Gasteiger partial charge >= 0.3 is 0 Å². The van der Waals surface area contributed by atoms with Crippen LogP contribution in [0.1, 0.15) is 51.0 Å². The summed E-state index contributed by atoms with van der Waals surface area (Å²) in [6.45, 7) is 0.705. The summed E-state index contributed by atoms with van der Waals surface area (Å²) in [5, 5.41) is 29.9. The van der Waals surface area contributed by atoms with Crippen molar-refractivity contribution in [3.8, 4) is 12.1 Å². The van der Waals surface area contributed by atoms with Crippen molar-refractivity contribution in [2.75, 3.05) is 18.8 Å². The molecule has 1 aromatic heterocycles. The number of thioether (sulfide) groups is 1. The Morgan fingerprint density at radius 3 is 2.50 bits per heavy atom. The van der Waals surface area contributed by atoms with Crippen LogP contribution in [0.25, 0.3) is 0 Å². The van der Waals surface area contributed by atoms with Crippen LogP contribution in [-0.4, -0.2) is 49.9 Å². The highest BCUT2D eigenvalue weighted by Gasteiger charge is 2.21. The number of hydrogen-bond donors (Lipinski definition) is 0. The number of tetrazole rings is 1. The molecule has 0 aromatic carbocycles. The van der Waals surface area contributed by atoms with Gasteiger partial charge in [-0.15, -0.1) is 5.10 Å². The molecule has 128 valence electrons. The normalized spacial score (nSPS) is 14.8. The molecule has 1 amide bonds. The molecule has 1 aliphatic rings. The van der Waals surface area contributed by atoms with Crippen LogP contribution in [0.2, 0.25) is 0 Å². The van der Waals surface area contributed by atoms with Crippen molar-refractivity contribution in [2.45, 2.75) is 56.1 Å². The molecule has 0 spiro atoms. The first-order chi connectivity index (χ1) is 11.8. The second kappa shape index (κ2) is 9.89. The third-order valence-corrected chi connectivity index (χ3v) is 4.97. The minimum Gasteiger partial charge on any atom is -0.340 e. The number of hydrogen-bond acceptors (Lipinski definition) is 7. The maximum atomic E-state index is 12.3. The van der Waals surface area contributed by atoms with E-state index in [0.29, 0.717) is 24.3 Å². The van der Waals surface area contributed by atoms with Crippen molar-refractivity contribution in [1.82, 2.24) is 25.1 Å². The van der Waals surface area contributed by atoms with Gasteiger partial charge in [-0.1, -0.05) is 31.0 Å². The van der Waals surface area contributed by atoms with E-state index in [0.717, 1.165) is 12.8 Å². The fraction of sp³-hybridized carbons (Fsp3) is 0.733. The third-order valence-electron chi connectivity index (χ3n) is 4.05. The number of carbonyl (C=O) groups is 1. The van der Waals surface area contributed by atoms with Crippen molar-refractivity contribution < 1.29 is 4.79 Å². The fourth-order valence-electron chi connectivity index (χ4n) is 2.78. The molecular formula is C15H21N7OS. The summed E-state index contributed by atoms with van der Waals surface area (Å²) in [4.78, 5) is 13.9. The Morgan fingerprint density at radius 2 is 1.88 bits per heavy atom. The van der Waals surface area contributed by atoms with Crippen LogP contribution in [0.15, 0.2) is 5.16 Å². The van der Waals surface area contributed by atoms with Gasteiger partial charge in [0.05, 0.1) is 36.8 Å². The number of amides is 1. The van der Waals surface area contributed by atoms with Gasteiger partial charge in [-0.05, 0) is 23.3 Å². The van der Waals surface area contributed by atoms with Crippen LogP contribution >= 0.6 is 11.8 Å². The van der Waals surface area contributed by atoms with Gasteiger partial charge < -0.3 is 4.90 Å². The molecule has 0 saturated heterocycles. The van der Waals surface area contributed by atoms with E-state index < -0.39 is 0 Å². The van der Waals surface area contributed by atoms with Crippen molar-refractivity contribution in [2.24, 2.45) is 0 Å². The van der Waals surface area contributed by atoms with E-state index in [1.807, 2.05) is 16.8 Å². The second-order valence-corrected chi connectivity index (χ2v) is 6.63. The summed E-state index contributed by atoms with van der Waals surface area (Å²) >= 11 is 1.32. The Bertz CT molecular complexity index is 594. The first-order valence-corrected chi connectivity index (χ1v) is 9.17. The number of carbonyl (C=O) groups excluding carboxylic acids is 1. The second-order valence-electron chi connectivity index (χ2n) is 5.68. The molecular weight excluding hydrogens is 326 g/mol. The average molecular weight is 347 g/mol. The molecule has 9 heteroatoms. The van der Waals surface area contributed by atoms with E-state index in [1.54, 1.807) is 4.90 Å². The van der Waals surface area contributed by atoms with Crippen LogP contribution in [0.5, 0.6) is 0 Å². The van der Waals surface area contributed by atoms with Crippen molar-refractivity contribution in [1.29, 1.82) is 10.5 Å². The van der Waals surface area contributed by atoms with Gasteiger partial charge in [-0.25, -0.2) is 4.68 Å². The zero-order chi connectivity index (χ0) is 17.2. The van der Waals surface area contributed by atoms with Crippen molar-refractivity contribution in [3.63, 3.8) is 0 Å². The van der Waals surface area contributed by atoms with Crippen molar-refractivity contribution >= 4 is 17.7 Å². The molecule has 0 N–H and O–H groups in total. The highest BCUT2D eigenvalue weighted by atomic mass is 32.2.